The van der Waals surface area contributed by atoms with E-state index in [1.165, 1.54) is 0 Å². The SMILES string of the molecule is CCOC(=O)c1nn(-c2ccccc2)c(=O)cc1OCC(=O)NCc1ccccc1OC. The lowest BCUT2D eigenvalue weighted by molar-refractivity contribution is -0.123. The molecule has 0 bridgehead atoms. The van der Waals surface area contributed by atoms with Gasteiger partial charge in [0.1, 0.15) is 5.75 Å². The highest BCUT2D eigenvalue weighted by Crippen LogP contribution is 2.18. The van der Waals surface area contributed by atoms with Gasteiger partial charge in [-0.25, -0.2) is 4.79 Å². The number of esters is 1. The number of para-hydroxylation sites is 2. The molecule has 3 rings (SSSR count). The zero-order valence-corrected chi connectivity index (χ0v) is 17.7. The molecule has 9 heteroatoms. The van der Waals surface area contributed by atoms with E-state index in [2.05, 4.69) is 10.4 Å². The summed E-state index contributed by atoms with van der Waals surface area (Å²) >= 11 is 0. The third-order valence-corrected chi connectivity index (χ3v) is 4.39. The van der Waals surface area contributed by atoms with Crippen LogP contribution < -0.4 is 20.3 Å². The Bertz CT molecular complexity index is 1140. The Morgan fingerprint density at radius 2 is 1.75 bits per heavy atom. The fourth-order valence-electron chi connectivity index (χ4n) is 2.88. The van der Waals surface area contributed by atoms with E-state index in [1.54, 1.807) is 50.4 Å². The van der Waals surface area contributed by atoms with Gasteiger partial charge in [0.15, 0.2) is 12.4 Å². The lowest BCUT2D eigenvalue weighted by Gasteiger charge is -2.13. The molecule has 0 spiro atoms. The first-order valence-corrected chi connectivity index (χ1v) is 9.91. The topological polar surface area (TPSA) is 109 Å². The summed E-state index contributed by atoms with van der Waals surface area (Å²) in [7, 11) is 1.55. The molecule has 1 aromatic heterocycles. The molecule has 32 heavy (non-hydrogen) atoms. The predicted octanol–water partition coefficient (Wildman–Crippen LogP) is 2.11. The van der Waals surface area contributed by atoms with Gasteiger partial charge in [-0.05, 0) is 25.1 Å². The fraction of sp³-hybridized carbons (Fsp3) is 0.217. The molecular weight excluding hydrogens is 414 g/mol. The van der Waals surface area contributed by atoms with Crippen LogP contribution in [0, 0.1) is 0 Å². The van der Waals surface area contributed by atoms with Crippen molar-refractivity contribution in [3.63, 3.8) is 0 Å². The molecule has 0 saturated carbocycles. The second-order valence-electron chi connectivity index (χ2n) is 6.54. The van der Waals surface area contributed by atoms with Crippen molar-refractivity contribution in [1.82, 2.24) is 15.1 Å². The molecule has 9 nitrogen and oxygen atoms in total. The summed E-state index contributed by atoms with van der Waals surface area (Å²) in [6.07, 6.45) is 0. The van der Waals surface area contributed by atoms with Gasteiger partial charge in [-0.15, -0.1) is 0 Å². The monoisotopic (exact) mass is 437 g/mol. The molecule has 0 fully saturated rings. The van der Waals surface area contributed by atoms with Gasteiger partial charge < -0.3 is 19.5 Å². The second-order valence-corrected chi connectivity index (χ2v) is 6.54. The number of carbonyl (C=O) groups is 2. The van der Waals surface area contributed by atoms with Crippen LogP contribution in [-0.2, 0) is 16.1 Å². The number of carbonyl (C=O) groups excluding carboxylic acids is 2. The minimum Gasteiger partial charge on any atom is -0.496 e. The van der Waals surface area contributed by atoms with Crippen LogP contribution in [0.3, 0.4) is 0 Å². The van der Waals surface area contributed by atoms with Crippen LogP contribution in [0.4, 0.5) is 0 Å². The molecule has 0 saturated heterocycles. The van der Waals surface area contributed by atoms with Crippen molar-refractivity contribution in [3.8, 4) is 17.2 Å². The number of amides is 1. The first-order chi connectivity index (χ1) is 15.5. The summed E-state index contributed by atoms with van der Waals surface area (Å²) in [5.41, 5.74) is 0.549. The Kier molecular flexibility index (Phi) is 7.58. The lowest BCUT2D eigenvalue weighted by atomic mass is 10.2. The minimum absolute atomic E-state index is 0.115. The first-order valence-electron chi connectivity index (χ1n) is 9.91. The van der Waals surface area contributed by atoms with Gasteiger partial charge >= 0.3 is 5.97 Å². The molecule has 2 aromatic carbocycles. The number of ether oxygens (including phenoxy) is 3. The van der Waals surface area contributed by atoms with Gasteiger partial charge in [0.2, 0.25) is 5.69 Å². The van der Waals surface area contributed by atoms with Crippen molar-refractivity contribution in [1.29, 1.82) is 0 Å². The maximum Gasteiger partial charge on any atom is 0.362 e. The first kappa shape index (κ1) is 22.5. The molecule has 0 radical (unpaired) electrons. The molecule has 1 heterocycles. The van der Waals surface area contributed by atoms with E-state index in [-0.39, 0.29) is 24.6 Å². The number of hydrogen-bond acceptors (Lipinski definition) is 7. The lowest BCUT2D eigenvalue weighted by Crippen LogP contribution is -2.30. The third-order valence-electron chi connectivity index (χ3n) is 4.39. The van der Waals surface area contributed by atoms with Crippen LogP contribution in [0.25, 0.3) is 5.69 Å². The van der Waals surface area contributed by atoms with Gasteiger partial charge in [0.25, 0.3) is 11.5 Å². The van der Waals surface area contributed by atoms with E-state index in [1.807, 2.05) is 18.2 Å². The molecule has 0 aliphatic heterocycles. The number of benzene rings is 2. The van der Waals surface area contributed by atoms with Crippen molar-refractivity contribution in [2.75, 3.05) is 20.3 Å². The van der Waals surface area contributed by atoms with E-state index in [0.29, 0.717) is 11.4 Å². The van der Waals surface area contributed by atoms with Crippen LogP contribution in [0.2, 0.25) is 0 Å². The van der Waals surface area contributed by atoms with Crippen LogP contribution >= 0.6 is 0 Å². The van der Waals surface area contributed by atoms with Gasteiger partial charge in [-0.3, -0.25) is 9.59 Å². The Hall–Kier alpha value is -4.14. The smallest absolute Gasteiger partial charge is 0.362 e. The number of hydrogen-bond donors (Lipinski definition) is 1. The normalized spacial score (nSPS) is 10.3. The maximum absolute atomic E-state index is 12.6. The van der Waals surface area contributed by atoms with Gasteiger partial charge in [0.05, 0.1) is 25.5 Å². The molecule has 0 aliphatic rings. The average Bonchev–Trinajstić information content (AvgIpc) is 2.82. The van der Waals surface area contributed by atoms with Crippen molar-refractivity contribution >= 4 is 11.9 Å². The fourth-order valence-corrected chi connectivity index (χ4v) is 2.88. The van der Waals surface area contributed by atoms with Gasteiger partial charge in [0, 0.05) is 12.1 Å². The quantitative estimate of drug-likeness (QED) is 0.511. The van der Waals surface area contributed by atoms with Crippen molar-refractivity contribution in [2.45, 2.75) is 13.5 Å². The zero-order valence-electron chi connectivity index (χ0n) is 17.7. The van der Waals surface area contributed by atoms with Crippen LogP contribution in [-0.4, -0.2) is 42.0 Å². The van der Waals surface area contributed by atoms with E-state index >= 15 is 0 Å². The van der Waals surface area contributed by atoms with Crippen LogP contribution in [0.1, 0.15) is 23.0 Å². The maximum atomic E-state index is 12.6. The summed E-state index contributed by atoms with van der Waals surface area (Å²) in [4.78, 5) is 37.2. The molecule has 1 N–H and O–H groups in total. The molecule has 0 atom stereocenters. The highest BCUT2D eigenvalue weighted by Gasteiger charge is 2.20. The molecule has 3 aromatic rings. The van der Waals surface area contributed by atoms with Crippen molar-refractivity contribution in [2.24, 2.45) is 0 Å². The number of nitrogens with zero attached hydrogens (tertiary/aromatic N) is 2. The van der Waals surface area contributed by atoms with E-state index in [0.717, 1.165) is 16.3 Å². The van der Waals surface area contributed by atoms with E-state index in [9.17, 15) is 14.4 Å². The van der Waals surface area contributed by atoms with E-state index < -0.39 is 24.0 Å². The van der Waals surface area contributed by atoms with E-state index in [4.69, 9.17) is 14.2 Å². The van der Waals surface area contributed by atoms with Crippen molar-refractivity contribution in [3.05, 3.63) is 82.3 Å². The average molecular weight is 437 g/mol. The Morgan fingerprint density at radius 1 is 1.03 bits per heavy atom. The largest absolute Gasteiger partial charge is 0.496 e. The Morgan fingerprint density at radius 3 is 2.47 bits per heavy atom. The van der Waals surface area contributed by atoms with Crippen LogP contribution in [0.15, 0.2) is 65.5 Å². The highest BCUT2D eigenvalue weighted by molar-refractivity contribution is 5.90. The molecule has 1 amide bonds. The summed E-state index contributed by atoms with van der Waals surface area (Å²) in [5, 5.41) is 6.82. The van der Waals surface area contributed by atoms with Crippen molar-refractivity contribution < 1.29 is 23.8 Å². The summed E-state index contributed by atoms with van der Waals surface area (Å²) < 4.78 is 16.8. The second kappa shape index (κ2) is 10.8. The van der Waals surface area contributed by atoms with Gasteiger partial charge in [-0.1, -0.05) is 36.4 Å². The zero-order chi connectivity index (χ0) is 22.9. The summed E-state index contributed by atoms with van der Waals surface area (Å²) in [5.74, 6) is -0.695. The molecule has 0 unspecified atom stereocenters. The highest BCUT2D eigenvalue weighted by atomic mass is 16.5. The summed E-state index contributed by atoms with van der Waals surface area (Å²) in [6.45, 7) is 1.57. The Labute approximate surface area is 184 Å². The predicted molar refractivity (Wildman–Crippen MR) is 116 cm³/mol. The minimum atomic E-state index is -0.762. The van der Waals surface area contributed by atoms with Gasteiger partial charge in [-0.2, -0.15) is 9.78 Å². The standard InChI is InChI=1S/C23H23N3O6/c1-3-31-23(29)22-19(13-21(28)26(25-22)17-10-5-4-6-11-17)32-15-20(27)24-14-16-9-7-8-12-18(16)30-2/h4-13H,3,14-15H2,1-2H3,(H,24,27). The number of nitrogens with one attached hydrogen (secondary N) is 1. The summed E-state index contributed by atoms with van der Waals surface area (Å²) in [6, 6.07) is 17.0. The number of rotatable bonds is 9. The van der Waals surface area contributed by atoms with Crippen LogP contribution in [0.5, 0.6) is 11.5 Å². The molecule has 0 aliphatic carbocycles. The number of methoxy groups -OCH3 is 1. The Balaban J connectivity index is 1.76. The molecule has 166 valence electrons. The molecular formula is C23H23N3O6. The third kappa shape index (κ3) is 5.51. The number of aromatic nitrogens is 2.